The third-order valence-corrected chi connectivity index (χ3v) is 6.66. The molecule has 1 heterocycles. The molecule has 2 aromatic carbocycles. The van der Waals surface area contributed by atoms with Crippen LogP contribution < -0.4 is 9.62 Å². The van der Waals surface area contributed by atoms with Crippen molar-refractivity contribution in [3.05, 3.63) is 83.1 Å². The highest BCUT2D eigenvalue weighted by Gasteiger charge is 2.26. The summed E-state index contributed by atoms with van der Waals surface area (Å²) in [6, 6.07) is 16.7. The van der Waals surface area contributed by atoms with Gasteiger partial charge in [0.15, 0.2) is 0 Å². The Morgan fingerprint density at radius 1 is 1.06 bits per heavy atom. The molecule has 3 rings (SSSR count). The van der Waals surface area contributed by atoms with Gasteiger partial charge in [-0.1, -0.05) is 46.3 Å². The van der Waals surface area contributed by atoms with Crippen molar-refractivity contribution in [1.29, 1.82) is 0 Å². The molecule has 3 aromatic rings. The fraction of sp³-hybridized carbons (Fsp3) is 0.240. The van der Waals surface area contributed by atoms with Crippen LogP contribution >= 0.6 is 15.9 Å². The highest BCUT2D eigenvalue weighted by molar-refractivity contribution is 9.10. The Kier molecular flexibility index (Phi) is 9.95. The van der Waals surface area contributed by atoms with Gasteiger partial charge < -0.3 is 15.0 Å². The van der Waals surface area contributed by atoms with E-state index in [1.165, 1.54) is 0 Å². The zero-order valence-electron chi connectivity index (χ0n) is 18.8. The van der Waals surface area contributed by atoms with Crippen molar-refractivity contribution in [1.82, 2.24) is 10.3 Å². The van der Waals surface area contributed by atoms with Gasteiger partial charge in [0.05, 0.1) is 6.42 Å². The van der Waals surface area contributed by atoms with Crippen LogP contribution in [0, 0.1) is 0 Å². The fourth-order valence-corrected chi connectivity index (χ4v) is 4.56. The Morgan fingerprint density at radius 2 is 1.71 bits per heavy atom. The molecule has 0 fully saturated rings. The quantitative estimate of drug-likeness (QED) is 0.255. The maximum atomic E-state index is 12.0. The number of unbranched alkanes of at least 4 members (excludes halogenated alkanes) is 1. The van der Waals surface area contributed by atoms with Crippen LogP contribution in [0.25, 0.3) is 11.1 Å². The van der Waals surface area contributed by atoms with Crippen LogP contribution in [-0.2, 0) is 27.3 Å². The zero-order chi connectivity index (χ0) is 25.2. The summed E-state index contributed by atoms with van der Waals surface area (Å²) < 4.78 is 25.8. The Balaban J connectivity index is 1.57. The molecule has 8 nitrogen and oxygen atoms in total. The van der Waals surface area contributed by atoms with Gasteiger partial charge in [-0.3, -0.25) is 18.3 Å². The first-order valence-corrected chi connectivity index (χ1v) is 12.8. The van der Waals surface area contributed by atoms with Gasteiger partial charge in [0, 0.05) is 40.4 Å². The summed E-state index contributed by atoms with van der Waals surface area (Å²) in [7, 11) is 0. The number of hydrogen-bond donors (Lipinski definition) is 2. The van der Waals surface area contributed by atoms with Crippen molar-refractivity contribution in [3.8, 4) is 11.1 Å². The molecule has 0 bridgehead atoms. The smallest absolute Gasteiger partial charge is 0.327 e. The summed E-state index contributed by atoms with van der Waals surface area (Å²) in [4.78, 5) is 27.9. The molecular weight excluding hydrogens is 534 g/mol. The number of aromatic nitrogens is 1. The second kappa shape index (κ2) is 13.1. The molecule has 35 heavy (non-hydrogen) atoms. The third kappa shape index (κ3) is 7.98. The number of anilines is 1. The maximum absolute atomic E-state index is 12.0. The minimum Gasteiger partial charge on any atom is -0.755 e. The molecule has 1 amide bonds. The standard InChI is InChI=1S/C25H26BrN3O5S/c26-21-10-6-19(7-11-21)20-8-12-22(13-9-20)29(35(33)34)23(25(31)32)5-1-2-15-28-24(30)16-18-4-3-14-27-17-18/h3-4,6-14,17,23H,1-2,5,15-16H2,(H,28,30)(H,31,32)(H,33,34)/p-1. The number of carbonyl (C=O) groups excluding carboxylic acids is 1. The lowest BCUT2D eigenvalue weighted by Gasteiger charge is -2.32. The lowest BCUT2D eigenvalue weighted by Crippen LogP contribution is -2.42. The van der Waals surface area contributed by atoms with E-state index in [4.69, 9.17) is 0 Å². The molecule has 10 heteroatoms. The van der Waals surface area contributed by atoms with Gasteiger partial charge in [-0.25, -0.2) is 4.79 Å². The molecule has 2 N–H and O–H groups in total. The predicted molar refractivity (Wildman–Crippen MR) is 137 cm³/mol. The van der Waals surface area contributed by atoms with Crippen LogP contribution in [0.4, 0.5) is 5.69 Å². The molecule has 0 aliphatic carbocycles. The van der Waals surface area contributed by atoms with Gasteiger partial charge in [0.2, 0.25) is 5.91 Å². The molecule has 2 unspecified atom stereocenters. The number of carboxylic acids is 1. The summed E-state index contributed by atoms with van der Waals surface area (Å²) in [5, 5.41) is 12.5. The maximum Gasteiger partial charge on any atom is 0.327 e. The summed E-state index contributed by atoms with van der Waals surface area (Å²) in [5.41, 5.74) is 2.91. The summed E-state index contributed by atoms with van der Waals surface area (Å²) in [6.45, 7) is 0.369. The van der Waals surface area contributed by atoms with E-state index in [-0.39, 0.29) is 24.4 Å². The average molecular weight is 559 g/mol. The molecule has 184 valence electrons. The highest BCUT2D eigenvalue weighted by atomic mass is 79.9. The Morgan fingerprint density at radius 3 is 2.29 bits per heavy atom. The number of pyridine rings is 1. The van der Waals surface area contributed by atoms with Crippen molar-refractivity contribution < 1.29 is 23.5 Å². The number of hydrogen-bond acceptors (Lipinski definition) is 5. The molecule has 2 atom stereocenters. The van der Waals surface area contributed by atoms with Crippen molar-refractivity contribution in [2.24, 2.45) is 0 Å². The number of nitrogens with one attached hydrogen (secondary N) is 1. The minimum atomic E-state index is -2.78. The molecule has 0 radical (unpaired) electrons. The number of amides is 1. The monoisotopic (exact) mass is 558 g/mol. The van der Waals surface area contributed by atoms with Gasteiger partial charge in [0.1, 0.15) is 6.04 Å². The van der Waals surface area contributed by atoms with Crippen LogP contribution in [-0.4, -0.2) is 43.3 Å². The van der Waals surface area contributed by atoms with Crippen molar-refractivity contribution >= 4 is 44.8 Å². The molecule has 0 saturated heterocycles. The Labute approximate surface area is 214 Å². The highest BCUT2D eigenvalue weighted by Crippen LogP contribution is 2.27. The van der Waals surface area contributed by atoms with Gasteiger partial charge in [-0.05, 0) is 66.3 Å². The summed E-state index contributed by atoms with van der Waals surface area (Å²) in [6.07, 6.45) is 4.52. The molecule has 1 aromatic heterocycles. The molecule has 0 saturated carbocycles. The van der Waals surface area contributed by atoms with Crippen LogP contribution in [0.3, 0.4) is 0 Å². The third-order valence-electron chi connectivity index (χ3n) is 5.34. The summed E-state index contributed by atoms with van der Waals surface area (Å²) in [5.74, 6) is -1.38. The Hall–Kier alpha value is -3.08. The largest absolute Gasteiger partial charge is 0.755 e. The normalized spacial score (nSPS) is 12.5. The van der Waals surface area contributed by atoms with E-state index in [0.717, 1.165) is 25.5 Å². The predicted octanol–water partition coefficient (Wildman–Crippen LogP) is 4.09. The molecular formula is C25H25BrN3O5S-. The van der Waals surface area contributed by atoms with Crippen molar-refractivity contribution in [2.75, 3.05) is 10.8 Å². The van der Waals surface area contributed by atoms with E-state index in [2.05, 4.69) is 26.2 Å². The van der Waals surface area contributed by atoms with Gasteiger partial charge in [0.25, 0.3) is 0 Å². The van der Waals surface area contributed by atoms with E-state index < -0.39 is 23.3 Å². The SMILES string of the molecule is O=C(Cc1cccnc1)NCCCCC(C(=O)O)N(c1ccc(-c2ccc(Br)cc2)cc1)S(=O)[O-]. The van der Waals surface area contributed by atoms with Gasteiger partial charge in [-0.2, -0.15) is 0 Å². The van der Waals surface area contributed by atoms with Crippen LogP contribution in [0.15, 0.2) is 77.5 Å². The van der Waals surface area contributed by atoms with Crippen LogP contribution in [0.1, 0.15) is 24.8 Å². The van der Waals surface area contributed by atoms with Crippen LogP contribution in [0.2, 0.25) is 0 Å². The summed E-state index contributed by atoms with van der Waals surface area (Å²) >= 11 is 0.615. The van der Waals surface area contributed by atoms with Gasteiger partial charge in [-0.15, -0.1) is 0 Å². The number of carboxylic acid groups (broad SMARTS) is 1. The number of carbonyl (C=O) groups is 2. The number of rotatable bonds is 12. The van der Waals surface area contributed by atoms with E-state index in [1.807, 2.05) is 30.3 Å². The molecule has 0 aliphatic heterocycles. The average Bonchev–Trinajstić information content (AvgIpc) is 2.84. The second-order valence-corrected chi connectivity index (χ2v) is 9.58. The topological polar surface area (TPSA) is 123 Å². The van der Waals surface area contributed by atoms with E-state index in [9.17, 15) is 23.5 Å². The van der Waals surface area contributed by atoms with Crippen molar-refractivity contribution in [2.45, 2.75) is 31.7 Å². The molecule has 0 aliphatic rings. The second-order valence-electron chi connectivity index (χ2n) is 7.83. The zero-order valence-corrected chi connectivity index (χ0v) is 21.2. The first-order chi connectivity index (χ1) is 16.8. The first kappa shape index (κ1) is 26.5. The van der Waals surface area contributed by atoms with E-state index in [0.29, 0.717) is 19.4 Å². The first-order valence-electron chi connectivity index (χ1n) is 11.0. The van der Waals surface area contributed by atoms with Crippen molar-refractivity contribution in [3.63, 3.8) is 0 Å². The fourth-order valence-electron chi connectivity index (χ4n) is 3.60. The van der Waals surface area contributed by atoms with E-state index in [1.54, 1.807) is 42.7 Å². The number of nitrogens with zero attached hydrogens (tertiary/aromatic N) is 2. The Bertz CT molecular complexity index is 1140. The molecule has 0 spiro atoms. The minimum absolute atomic E-state index is 0.107. The van der Waals surface area contributed by atoms with Crippen LogP contribution in [0.5, 0.6) is 0 Å². The lowest BCUT2D eigenvalue weighted by atomic mass is 10.0. The lowest BCUT2D eigenvalue weighted by molar-refractivity contribution is -0.138. The number of aliphatic carboxylic acids is 1. The van der Waals surface area contributed by atoms with Gasteiger partial charge >= 0.3 is 5.97 Å². The van der Waals surface area contributed by atoms with E-state index >= 15 is 0 Å². The number of halogens is 1. The number of benzene rings is 2.